The number of thiophene rings is 1. The van der Waals surface area contributed by atoms with E-state index in [1.54, 1.807) is 17.4 Å². The molecule has 2 heterocycles. The Balaban J connectivity index is 1.98. The molecule has 92 valence electrons. The number of carbonyl (C=O) groups excluding carboxylic acids is 1. The summed E-state index contributed by atoms with van der Waals surface area (Å²) in [6, 6.07) is 2.48. The number of hydrogen-bond donors (Lipinski definition) is 0. The van der Waals surface area contributed by atoms with Crippen molar-refractivity contribution in [1.29, 1.82) is 0 Å². The van der Waals surface area contributed by atoms with Gasteiger partial charge < -0.3 is 4.90 Å². The van der Waals surface area contributed by atoms with E-state index in [4.69, 9.17) is 0 Å². The lowest BCUT2D eigenvalue weighted by atomic mass is 10.00. The third-order valence-electron chi connectivity index (χ3n) is 3.34. The molecule has 1 aliphatic heterocycles. The smallest absolute Gasteiger partial charge is 0.246 e. The SMILES string of the molecule is CCC1CCCCN1C(=O)/C=C/c1ccsc1. The van der Waals surface area contributed by atoms with Gasteiger partial charge in [-0.05, 0) is 54.1 Å². The maximum Gasteiger partial charge on any atom is 0.246 e. The van der Waals surface area contributed by atoms with Crippen LogP contribution in [0.25, 0.3) is 6.08 Å². The first-order chi connectivity index (χ1) is 8.31. The quantitative estimate of drug-likeness (QED) is 0.750. The van der Waals surface area contributed by atoms with E-state index in [1.165, 1.54) is 6.42 Å². The van der Waals surface area contributed by atoms with Crippen LogP contribution in [0.2, 0.25) is 0 Å². The van der Waals surface area contributed by atoms with Gasteiger partial charge in [-0.15, -0.1) is 0 Å². The third kappa shape index (κ3) is 3.19. The highest BCUT2D eigenvalue weighted by Crippen LogP contribution is 2.20. The summed E-state index contributed by atoms with van der Waals surface area (Å²) in [5.74, 6) is 0.169. The highest BCUT2D eigenvalue weighted by atomic mass is 32.1. The average molecular weight is 249 g/mol. The van der Waals surface area contributed by atoms with Crippen molar-refractivity contribution in [3.63, 3.8) is 0 Å². The van der Waals surface area contributed by atoms with E-state index in [2.05, 4.69) is 12.3 Å². The van der Waals surface area contributed by atoms with E-state index >= 15 is 0 Å². The predicted molar refractivity (Wildman–Crippen MR) is 73.0 cm³/mol. The standard InChI is InChI=1S/C14H19NOS/c1-2-13-5-3-4-9-15(13)14(16)7-6-12-8-10-17-11-12/h6-8,10-11,13H,2-5,9H2,1H3/b7-6+. The molecule has 0 radical (unpaired) electrons. The lowest BCUT2D eigenvalue weighted by molar-refractivity contribution is -0.129. The lowest BCUT2D eigenvalue weighted by Crippen LogP contribution is -2.42. The van der Waals surface area contributed by atoms with Crippen molar-refractivity contribution in [1.82, 2.24) is 4.90 Å². The molecule has 0 saturated carbocycles. The molecule has 0 aliphatic carbocycles. The molecule has 0 aromatic carbocycles. The minimum absolute atomic E-state index is 0.169. The molecule has 0 spiro atoms. The van der Waals surface area contributed by atoms with Crippen LogP contribution >= 0.6 is 11.3 Å². The Bertz CT molecular complexity index is 383. The van der Waals surface area contributed by atoms with Crippen LogP contribution in [-0.2, 0) is 4.79 Å². The second kappa shape index (κ2) is 6.01. The van der Waals surface area contributed by atoms with Crippen molar-refractivity contribution < 1.29 is 4.79 Å². The van der Waals surface area contributed by atoms with Crippen LogP contribution in [-0.4, -0.2) is 23.4 Å². The molecule has 1 amide bonds. The summed E-state index contributed by atoms with van der Waals surface area (Å²) in [4.78, 5) is 14.1. The average Bonchev–Trinajstić information content (AvgIpc) is 2.89. The third-order valence-corrected chi connectivity index (χ3v) is 4.04. The second-order valence-corrected chi connectivity index (χ2v) is 5.26. The molecule has 1 aromatic heterocycles. The maximum atomic E-state index is 12.1. The topological polar surface area (TPSA) is 20.3 Å². The minimum Gasteiger partial charge on any atom is -0.336 e. The number of amides is 1. The van der Waals surface area contributed by atoms with Gasteiger partial charge in [0.2, 0.25) is 5.91 Å². The number of piperidine rings is 1. The van der Waals surface area contributed by atoms with E-state index in [0.29, 0.717) is 6.04 Å². The normalized spacial score (nSPS) is 21.0. The summed E-state index contributed by atoms with van der Waals surface area (Å²) in [6.45, 7) is 3.09. The second-order valence-electron chi connectivity index (χ2n) is 4.48. The van der Waals surface area contributed by atoms with Crippen LogP contribution in [0.4, 0.5) is 0 Å². The van der Waals surface area contributed by atoms with Gasteiger partial charge in [0.05, 0.1) is 0 Å². The molecule has 1 fully saturated rings. The molecule has 3 heteroatoms. The van der Waals surface area contributed by atoms with Crippen LogP contribution in [0.3, 0.4) is 0 Å². The number of nitrogens with zero attached hydrogens (tertiary/aromatic N) is 1. The molecule has 0 N–H and O–H groups in total. The van der Waals surface area contributed by atoms with Gasteiger partial charge in [-0.2, -0.15) is 11.3 Å². The Kier molecular flexibility index (Phi) is 4.37. The fraction of sp³-hybridized carbons (Fsp3) is 0.500. The zero-order chi connectivity index (χ0) is 12.1. The van der Waals surface area contributed by atoms with Crippen LogP contribution in [0.15, 0.2) is 22.9 Å². The monoisotopic (exact) mass is 249 g/mol. The summed E-state index contributed by atoms with van der Waals surface area (Å²) in [6.07, 6.45) is 8.27. The number of rotatable bonds is 3. The number of likely N-dealkylation sites (tertiary alicyclic amines) is 1. The summed E-state index contributed by atoms with van der Waals surface area (Å²) >= 11 is 1.66. The fourth-order valence-electron chi connectivity index (χ4n) is 2.35. The molecule has 1 atom stereocenters. The Morgan fingerprint density at radius 3 is 3.18 bits per heavy atom. The summed E-state index contributed by atoms with van der Waals surface area (Å²) < 4.78 is 0. The number of hydrogen-bond acceptors (Lipinski definition) is 2. The molecule has 2 rings (SSSR count). The van der Waals surface area contributed by atoms with Crippen molar-refractivity contribution in [2.45, 2.75) is 38.6 Å². The van der Waals surface area contributed by atoms with Crippen LogP contribution < -0.4 is 0 Å². The number of carbonyl (C=O) groups is 1. The fourth-order valence-corrected chi connectivity index (χ4v) is 2.98. The molecule has 0 bridgehead atoms. The van der Waals surface area contributed by atoms with Crippen LogP contribution in [0, 0.1) is 0 Å². The summed E-state index contributed by atoms with van der Waals surface area (Å²) in [5.41, 5.74) is 1.12. The van der Waals surface area contributed by atoms with E-state index in [-0.39, 0.29) is 5.91 Å². The first kappa shape index (κ1) is 12.4. The van der Waals surface area contributed by atoms with Crippen LogP contribution in [0.5, 0.6) is 0 Å². The molecule has 1 unspecified atom stereocenters. The predicted octanol–water partition coefficient (Wildman–Crippen LogP) is 3.55. The first-order valence-electron chi connectivity index (χ1n) is 6.32. The Labute approximate surface area is 107 Å². The van der Waals surface area contributed by atoms with Crippen molar-refractivity contribution >= 4 is 23.3 Å². The Hall–Kier alpha value is -1.09. The van der Waals surface area contributed by atoms with E-state index < -0.39 is 0 Å². The van der Waals surface area contributed by atoms with Gasteiger partial charge in [0.25, 0.3) is 0 Å². The molecule has 1 aliphatic rings. The first-order valence-corrected chi connectivity index (χ1v) is 7.26. The summed E-state index contributed by atoms with van der Waals surface area (Å²) in [7, 11) is 0. The minimum atomic E-state index is 0.169. The zero-order valence-corrected chi connectivity index (χ0v) is 11.1. The molecule has 17 heavy (non-hydrogen) atoms. The van der Waals surface area contributed by atoms with Gasteiger partial charge in [0.1, 0.15) is 0 Å². The largest absolute Gasteiger partial charge is 0.336 e. The summed E-state index contributed by atoms with van der Waals surface area (Å²) in [5, 5.41) is 4.08. The maximum absolute atomic E-state index is 12.1. The van der Waals surface area contributed by atoms with E-state index in [9.17, 15) is 4.79 Å². The van der Waals surface area contributed by atoms with Crippen molar-refractivity contribution in [3.05, 3.63) is 28.5 Å². The molecule has 1 saturated heterocycles. The van der Waals surface area contributed by atoms with E-state index in [1.807, 2.05) is 22.4 Å². The van der Waals surface area contributed by atoms with Crippen molar-refractivity contribution in [2.75, 3.05) is 6.54 Å². The Morgan fingerprint density at radius 2 is 2.47 bits per heavy atom. The zero-order valence-electron chi connectivity index (χ0n) is 10.3. The van der Waals surface area contributed by atoms with Crippen molar-refractivity contribution in [3.8, 4) is 0 Å². The molecule has 2 nitrogen and oxygen atoms in total. The molecular weight excluding hydrogens is 230 g/mol. The van der Waals surface area contributed by atoms with Gasteiger partial charge in [-0.3, -0.25) is 4.79 Å². The molecular formula is C14H19NOS. The van der Waals surface area contributed by atoms with Gasteiger partial charge in [-0.25, -0.2) is 0 Å². The van der Waals surface area contributed by atoms with E-state index in [0.717, 1.165) is 31.4 Å². The van der Waals surface area contributed by atoms with Gasteiger partial charge in [0, 0.05) is 18.7 Å². The van der Waals surface area contributed by atoms with Gasteiger partial charge in [-0.1, -0.05) is 6.92 Å². The van der Waals surface area contributed by atoms with Crippen molar-refractivity contribution in [2.24, 2.45) is 0 Å². The molecule has 1 aromatic rings. The van der Waals surface area contributed by atoms with Gasteiger partial charge >= 0.3 is 0 Å². The lowest BCUT2D eigenvalue weighted by Gasteiger charge is -2.34. The highest BCUT2D eigenvalue weighted by molar-refractivity contribution is 7.08. The Morgan fingerprint density at radius 1 is 1.59 bits per heavy atom. The van der Waals surface area contributed by atoms with Gasteiger partial charge in [0.15, 0.2) is 0 Å². The van der Waals surface area contributed by atoms with Crippen LogP contribution in [0.1, 0.15) is 38.2 Å². The highest BCUT2D eigenvalue weighted by Gasteiger charge is 2.23.